The van der Waals surface area contributed by atoms with Crippen LogP contribution >= 0.6 is 0 Å². The van der Waals surface area contributed by atoms with Crippen molar-refractivity contribution in [3.63, 3.8) is 0 Å². The van der Waals surface area contributed by atoms with E-state index in [1.165, 1.54) is 6.07 Å². The van der Waals surface area contributed by atoms with Crippen molar-refractivity contribution in [2.75, 3.05) is 7.11 Å². The van der Waals surface area contributed by atoms with Gasteiger partial charge in [-0.3, -0.25) is 4.79 Å². The van der Waals surface area contributed by atoms with Crippen molar-refractivity contribution in [1.82, 2.24) is 5.32 Å². The number of carboxylic acid groups (broad SMARTS) is 1. The number of hydrogen-bond donors (Lipinski definition) is 2. The fourth-order valence-electron chi connectivity index (χ4n) is 2.90. The molecule has 0 bridgehead atoms. The van der Waals surface area contributed by atoms with Crippen LogP contribution in [-0.4, -0.2) is 24.1 Å². The van der Waals surface area contributed by atoms with Crippen molar-refractivity contribution in [3.8, 4) is 5.75 Å². The molecule has 26 heavy (non-hydrogen) atoms. The van der Waals surface area contributed by atoms with E-state index in [0.29, 0.717) is 30.3 Å². The average Bonchev–Trinajstić information content (AvgIpc) is 3.05. The topological polar surface area (TPSA) is 88.8 Å². The minimum absolute atomic E-state index is 0.00269. The van der Waals surface area contributed by atoms with E-state index in [-0.39, 0.29) is 17.4 Å². The molecule has 1 unspecified atom stereocenters. The van der Waals surface area contributed by atoms with E-state index in [9.17, 15) is 14.7 Å². The van der Waals surface area contributed by atoms with Crippen LogP contribution in [0.3, 0.4) is 0 Å². The van der Waals surface area contributed by atoms with E-state index < -0.39 is 11.9 Å². The summed E-state index contributed by atoms with van der Waals surface area (Å²) in [6.07, 6.45) is 1.11. The highest BCUT2D eigenvalue weighted by atomic mass is 16.5. The monoisotopic (exact) mass is 359 g/mol. The first-order valence-electron chi connectivity index (χ1n) is 8.67. The molecule has 0 spiro atoms. The molecular weight excluding hydrogens is 334 g/mol. The van der Waals surface area contributed by atoms with Gasteiger partial charge >= 0.3 is 5.97 Å². The molecule has 0 aliphatic heterocycles. The van der Waals surface area contributed by atoms with E-state index in [1.54, 1.807) is 14.0 Å². The fraction of sp³-hybridized carbons (Fsp3) is 0.400. The van der Waals surface area contributed by atoms with Crippen LogP contribution < -0.4 is 10.1 Å². The van der Waals surface area contributed by atoms with Crippen molar-refractivity contribution in [2.45, 2.75) is 39.7 Å². The number of benzene rings is 1. The molecule has 0 radical (unpaired) electrons. The summed E-state index contributed by atoms with van der Waals surface area (Å²) in [4.78, 5) is 24.0. The van der Waals surface area contributed by atoms with Crippen molar-refractivity contribution in [2.24, 2.45) is 5.92 Å². The van der Waals surface area contributed by atoms with Gasteiger partial charge in [-0.2, -0.15) is 0 Å². The highest BCUT2D eigenvalue weighted by molar-refractivity contribution is 5.96. The lowest BCUT2D eigenvalue weighted by atomic mass is 9.96. The molecule has 2 N–H and O–H groups in total. The summed E-state index contributed by atoms with van der Waals surface area (Å²) in [5, 5.41) is 12.2. The second kappa shape index (κ2) is 8.56. The number of para-hydroxylation sites is 1. The number of carbonyl (C=O) groups is 2. The Hall–Kier alpha value is -2.76. The molecule has 0 aliphatic carbocycles. The minimum atomic E-state index is -1.10. The zero-order chi connectivity index (χ0) is 19.3. The Morgan fingerprint density at radius 2 is 1.96 bits per heavy atom. The number of rotatable bonds is 8. The Labute approximate surface area is 153 Å². The third-order valence-corrected chi connectivity index (χ3v) is 4.11. The molecule has 1 heterocycles. The summed E-state index contributed by atoms with van der Waals surface area (Å²) in [7, 11) is 1.59. The van der Waals surface area contributed by atoms with Crippen LogP contribution in [0.5, 0.6) is 5.75 Å². The van der Waals surface area contributed by atoms with E-state index in [0.717, 1.165) is 5.56 Å². The van der Waals surface area contributed by atoms with Crippen LogP contribution in [0, 0.1) is 5.92 Å². The number of carboxylic acids is 1. The second-order valence-electron chi connectivity index (χ2n) is 6.50. The van der Waals surface area contributed by atoms with Gasteiger partial charge in [-0.1, -0.05) is 39.0 Å². The van der Waals surface area contributed by atoms with Gasteiger partial charge in [-0.25, -0.2) is 4.79 Å². The fourth-order valence-corrected chi connectivity index (χ4v) is 2.90. The number of amides is 1. The molecule has 2 rings (SSSR count). The lowest BCUT2D eigenvalue weighted by Gasteiger charge is -2.22. The number of hydrogen-bond acceptors (Lipinski definition) is 4. The first-order valence-corrected chi connectivity index (χ1v) is 8.67. The van der Waals surface area contributed by atoms with E-state index >= 15 is 0 Å². The maximum atomic E-state index is 12.7. The second-order valence-corrected chi connectivity index (χ2v) is 6.50. The Morgan fingerprint density at radius 3 is 2.50 bits per heavy atom. The summed E-state index contributed by atoms with van der Waals surface area (Å²) in [6, 6.07) is 8.53. The minimum Gasteiger partial charge on any atom is -0.496 e. The van der Waals surface area contributed by atoms with Gasteiger partial charge in [0.15, 0.2) is 5.76 Å². The largest absolute Gasteiger partial charge is 0.496 e. The van der Waals surface area contributed by atoms with Crippen molar-refractivity contribution in [1.29, 1.82) is 0 Å². The summed E-state index contributed by atoms with van der Waals surface area (Å²) in [6.45, 7) is 5.92. The lowest BCUT2D eigenvalue weighted by molar-refractivity contribution is 0.0694. The van der Waals surface area contributed by atoms with Crippen molar-refractivity contribution >= 4 is 11.9 Å². The zero-order valence-corrected chi connectivity index (χ0v) is 15.5. The molecule has 6 nitrogen and oxygen atoms in total. The Bertz CT molecular complexity index is 778. The van der Waals surface area contributed by atoms with Gasteiger partial charge in [0.1, 0.15) is 17.1 Å². The molecule has 1 aromatic carbocycles. The number of furan rings is 1. The van der Waals surface area contributed by atoms with Gasteiger partial charge in [0.2, 0.25) is 0 Å². The molecular formula is C20H25NO5. The molecule has 1 atom stereocenters. The lowest BCUT2D eigenvalue weighted by Crippen LogP contribution is -2.29. The standard InChI is InChI=1S/C20H25NO5/c1-5-16-14(20(23)24)11-18(26-16)19(22)21-15(10-12(2)3)13-8-6-7-9-17(13)25-4/h6-9,11-12,15H,5,10H2,1-4H3,(H,21,22)(H,23,24). The molecule has 0 fully saturated rings. The van der Waals surface area contributed by atoms with Crippen molar-refractivity contribution < 1.29 is 23.8 Å². The normalized spacial score (nSPS) is 12.0. The van der Waals surface area contributed by atoms with Crippen LogP contribution in [0.25, 0.3) is 0 Å². The molecule has 0 saturated carbocycles. The Balaban J connectivity index is 2.31. The number of aryl methyl sites for hydroxylation is 1. The molecule has 0 saturated heterocycles. The van der Waals surface area contributed by atoms with Crippen LogP contribution in [-0.2, 0) is 6.42 Å². The predicted octanol–water partition coefficient (Wildman–Crippen LogP) is 4.07. The third kappa shape index (κ3) is 4.45. The molecule has 0 aliphatic rings. The maximum Gasteiger partial charge on any atom is 0.339 e. The van der Waals surface area contributed by atoms with Crippen LogP contribution in [0.4, 0.5) is 0 Å². The maximum absolute atomic E-state index is 12.7. The van der Waals surface area contributed by atoms with E-state index in [4.69, 9.17) is 9.15 Å². The molecule has 1 aromatic heterocycles. The first-order chi connectivity index (χ1) is 12.4. The smallest absolute Gasteiger partial charge is 0.339 e. The average molecular weight is 359 g/mol. The first kappa shape index (κ1) is 19.6. The molecule has 1 amide bonds. The predicted molar refractivity (Wildman–Crippen MR) is 97.7 cm³/mol. The highest BCUT2D eigenvalue weighted by Gasteiger charge is 2.24. The van der Waals surface area contributed by atoms with E-state index in [2.05, 4.69) is 19.2 Å². The van der Waals surface area contributed by atoms with Crippen LogP contribution in [0.15, 0.2) is 34.7 Å². The molecule has 6 heteroatoms. The van der Waals surface area contributed by atoms with Gasteiger partial charge in [0, 0.05) is 18.1 Å². The number of methoxy groups -OCH3 is 1. The number of carbonyl (C=O) groups excluding carboxylic acids is 1. The molecule has 140 valence electrons. The molecule has 2 aromatic rings. The zero-order valence-electron chi connectivity index (χ0n) is 15.5. The summed E-state index contributed by atoms with van der Waals surface area (Å²) in [5.41, 5.74) is 0.896. The third-order valence-electron chi connectivity index (χ3n) is 4.11. The number of nitrogens with one attached hydrogen (secondary N) is 1. The van der Waals surface area contributed by atoms with Crippen LogP contribution in [0.1, 0.15) is 65.5 Å². The SMILES string of the molecule is CCc1oc(C(=O)NC(CC(C)C)c2ccccc2OC)cc1C(=O)O. The number of ether oxygens (including phenoxy) is 1. The van der Waals surface area contributed by atoms with Gasteiger partial charge in [-0.15, -0.1) is 0 Å². The van der Waals surface area contributed by atoms with Gasteiger partial charge < -0.3 is 19.6 Å². The van der Waals surface area contributed by atoms with Gasteiger partial charge in [0.25, 0.3) is 5.91 Å². The quantitative estimate of drug-likeness (QED) is 0.742. The Morgan fingerprint density at radius 1 is 1.27 bits per heavy atom. The van der Waals surface area contributed by atoms with Crippen molar-refractivity contribution in [3.05, 3.63) is 53.0 Å². The van der Waals surface area contributed by atoms with E-state index in [1.807, 2.05) is 24.3 Å². The van der Waals surface area contributed by atoms with Crippen LogP contribution in [0.2, 0.25) is 0 Å². The van der Waals surface area contributed by atoms with Gasteiger partial charge in [0.05, 0.1) is 13.2 Å². The highest BCUT2D eigenvalue weighted by Crippen LogP contribution is 2.30. The summed E-state index contributed by atoms with van der Waals surface area (Å²) in [5.74, 6) is -0.221. The summed E-state index contributed by atoms with van der Waals surface area (Å²) >= 11 is 0. The van der Waals surface area contributed by atoms with Gasteiger partial charge in [-0.05, 0) is 18.4 Å². The number of aromatic carboxylic acids is 1. The summed E-state index contributed by atoms with van der Waals surface area (Å²) < 4.78 is 10.9. The Kier molecular flexibility index (Phi) is 6.44.